The van der Waals surface area contributed by atoms with Gasteiger partial charge in [0.05, 0.1) is 37.3 Å². The maximum absolute atomic E-state index is 13.8. The van der Waals surface area contributed by atoms with Gasteiger partial charge in [0.25, 0.3) is 11.5 Å². The van der Waals surface area contributed by atoms with Gasteiger partial charge in [-0.25, -0.2) is 10.4 Å². The van der Waals surface area contributed by atoms with Gasteiger partial charge in [0.15, 0.2) is 16.7 Å². The number of aromatic hydroxyl groups is 1. The Bertz CT molecular complexity index is 1610. The standard InChI is InChI=1S/C27H25ClN4O5S2/c1-36-19-11-15(12-20(37-2)24(19)34)13-29-31-22(33)14-38-27-30-25-23(18-5-3-4-6-21(18)39-25)26(35)32(27)17-9-7-16(28)8-10-17/h7-13,34H,3-6,14H2,1-2H3,(H,31,33). The van der Waals surface area contributed by atoms with E-state index in [0.29, 0.717) is 31.6 Å². The predicted molar refractivity (Wildman–Crippen MR) is 155 cm³/mol. The smallest absolute Gasteiger partial charge is 0.267 e. The quantitative estimate of drug-likeness (QED) is 0.130. The Morgan fingerprint density at radius 2 is 1.90 bits per heavy atom. The predicted octanol–water partition coefficient (Wildman–Crippen LogP) is 4.94. The molecule has 39 heavy (non-hydrogen) atoms. The van der Waals surface area contributed by atoms with Crippen LogP contribution in [0.1, 0.15) is 28.8 Å². The SMILES string of the molecule is COc1cc(C=NNC(=O)CSc2nc3sc4c(c3c(=O)n2-c2ccc(Cl)cc2)CCCC4)cc(OC)c1O. The minimum atomic E-state index is -0.378. The van der Waals surface area contributed by atoms with E-state index in [1.54, 1.807) is 52.3 Å². The number of aryl methyl sites for hydroxylation is 2. The van der Waals surface area contributed by atoms with E-state index >= 15 is 0 Å². The molecule has 0 spiro atoms. The third-order valence-corrected chi connectivity index (χ3v) is 8.66. The molecule has 2 N–H and O–H groups in total. The molecule has 0 aliphatic heterocycles. The first kappa shape index (κ1) is 27.0. The molecule has 5 rings (SSSR count). The monoisotopic (exact) mass is 584 g/mol. The first-order chi connectivity index (χ1) is 18.9. The van der Waals surface area contributed by atoms with E-state index in [1.165, 1.54) is 25.3 Å². The number of phenolic OH excluding ortho intramolecular Hbond substituents is 1. The molecule has 0 bridgehead atoms. The number of carbonyl (C=O) groups excluding carboxylic acids is 1. The van der Waals surface area contributed by atoms with Gasteiger partial charge in [-0.3, -0.25) is 14.2 Å². The number of phenols is 1. The Labute approximate surface area is 237 Å². The van der Waals surface area contributed by atoms with Gasteiger partial charge in [0, 0.05) is 15.5 Å². The molecule has 1 aliphatic carbocycles. The van der Waals surface area contributed by atoms with Crippen LogP contribution in [0.2, 0.25) is 5.02 Å². The molecule has 2 aromatic heterocycles. The van der Waals surface area contributed by atoms with Gasteiger partial charge in [-0.2, -0.15) is 5.10 Å². The van der Waals surface area contributed by atoms with Gasteiger partial charge in [0.2, 0.25) is 5.75 Å². The lowest BCUT2D eigenvalue weighted by Crippen LogP contribution is -2.24. The van der Waals surface area contributed by atoms with Gasteiger partial charge >= 0.3 is 0 Å². The highest BCUT2D eigenvalue weighted by molar-refractivity contribution is 7.99. The van der Waals surface area contributed by atoms with Crippen LogP contribution in [0.4, 0.5) is 0 Å². The molecule has 1 aliphatic rings. The normalized spacial score (nSPS) is 13.0. The summed E-state index contributed by atoms with van der Waals surface area (Å²) in [4.78, 5) is 33.2. The number of rotatable bonds is 8. The maximum atomic E-state index is 13.8. The molecule has 9 nitrogen and oxygen atoms in total. The first-order valence-corrected chi connectivity index (χ1v) is 14.3. The van der Waals surface area contributed by atoms with Crippen LogP contribution in [0.25, 0.3) is 15.9 Å². The second-order valence-corrected chi connectivity index (χ2v) is 11.2. The van der Waals surface area contributed by atoms with Crippen LogP contribution in [0, 0.1) is 0 Å². The summed E-state index contributed by atoms with van der Waals surface area (Å²) in [6.07, 6.45) is 5.41. The molecule has 0 fully saturated rings. The van der Waals surface area contributed by atoms with E-state index in [1.807, 2.05) is 0 Å². The summed E-state index contributed by atoms with van der Waals surface area (Å²) in [7, 11) is 2.85. The number of hydrogen-bond donors (Lipinski definition) is 2. The topological polar surface area (TPSA) is 115 Å². The summed E-state index contributed by atoms with van der Waals surface area (Å²) in [6.45, 7) is 0. The zero-order chi connectivity index (χ0) is 27.5. The van der Waals surface area contributed by atoms with E-state index in [2.05, 4.69) is 10.5 Å². The van der Waals surface area contributed by atoms with Gasteiger partial charge in [-0.1, -0.05) is 23.4 Å². The molecule has 4 aromatic rings. The lowest BCUT2D eigenvalue weighted by molar-refractivity contribution is -0.118. The van der Waals surface area contributed by atoms with E-state index in [4.69, 9.17) is 26.1 Å². The zero-order valence-corrected chi connectivity index (χ0v) is 23.6. The number of aromatic nitrogens is 2. The summed E-state index contributed by atoms with van der Waals surface area (Å²) in [5, 5.41) is 15.7. The van der Waals surface area contributed by atoms with Crippen molar-refractivity contribution in [2.45, 2.75) is 30.8 Å². The van der Waals surface area contributed by atoms with Gasteiger partial charge in [0.1, 0.15) is 4.83 Å². The molecule has 0 saturated heterocycles. The van der Waals surface area contributed by atoms with Gasteiger partial charge < -0.3 is 14.6 Å². The molecular formula is C27H25ClN4O5S2. The van der Waals surface area contributed by atoms with Crippen molar-refractivity contribution in [1.82, 2.24) is 15.0 Å². The number of thioether (sulfide) groups is 1. The molecule has 2 aromatic carbocycles. The Balaban J connectivity index is 1.39. The Kier molecular flexibility index (Phi) is 8.10. The second kappa shape index (κ2) is 11.7. The van der Waals surface area contributed by atoms with Crippen molar-refractivity contribution in [3.63, 3.8) is 0 Å². The minimum Gasteiger partial charge on any atom is -0.502 e. The molecule has 0 unspecified atom stereocenters. The largest absolute Gasteiger partial charge is 0.502 e. The first-order valence-electron chi connectivity index (χ1n) is 12.1. The number of fused-ring (bicyclic) bond motifs is 3. The van der Waals surface area contributed by atoms with Crippen LogP contribution in [0.3, 0.4) is 0 Å². The van der Waals surface area contributed by atoms with Crippen LogP contribution >= 0.6 is 34.7 Å². The van der Waals surface area contributed by atoms with E-state index in [9.17, 15) is 14.7 Å². The number of methoxy groups -OCH3 is 2. The highest BCUT2D eigenvalue weighted by Gasteiger charge is 2.23. The summed E-state index contributed by atoms with van der Waals surface area (Å²) in [5.74, 6) is -0.0862. The van der Waals surface area contributed by atoms with Crippen molar-refractivity contribution < 1.29 is 19.4 Å². The molecule has 12 heteroatoms. The summed E-state index contributed by atoms with van der Waals surface area (Å²) in [5.41, 5.74) is 4.63. The number of hydrazone groups is 1. The molecule has 0 radical (unpaired) electrons. The third-order valence-electron chi connectivity index (χ3n) is 6.28. The van der Waals surface area contributed by atoms with Crippen molar-refractivity contribution in [3.8, 4) is 22.9 Å². The van der Waals surface area contributed by atoms with Gasteiger partial charge in [-0.05, 0) is 67.6 Å². The fourth-order valence-corrected chi connectivity index (χ4v) is 6.66. The average Bonchev–Trinajstić information content (AvgIpc) is 3.32. The molecule has 202 valence electrons. The van der Waals surface area contributed by atoms with Crippen molar-refractivity contribution in [2.24, 2.45) is 5.10 Å². The van der Waals surface area contributed by atoms with Crippen molar-refractivity contribution in [1.29, 1.82) is 0 Å². The number of halogens is 1. The zero-order valence-electron chi connectivity index (χ0n) is 21.2. The highest BCUT2D eigenvalue weighted by atomic mass is 35.5. The average molecular weight is 585 g/mol. The molecule has 2 heterocycles. The molecule has 0 saturated carbocycles. The Hall–Kier alpha value is -3.54. The lowest BCUT2D eigenvalue weighted by Gasteiger charge is -2.13. The number of hydrogen-bond acceptors (Lipinski definition) is 9. The fraction of sp³-hybridized carbons (Fsp3) is 0.259. The Morgan fingerprint density at radius 3 is 2.59 bits per heavy atom. The third kappa shape index (κ3) is 5.61. The summed E-state index contributed by atoms with van der Waals surface area (Å²) < 4.78 is 11.8. The highest BCUT2D eigenvalue weighted by Crippen LogP contribution is 2.37. The second-order valence-electron chi connectivity index (χ2n) is 8.76. The Morgan fingerprint density at radius 1 is 1.21 bits per heavy atom. The van der Waals surface area contributed by atoms with Crippen LogP contribution in [-0.2, 0) is 17.6 Å². The summed E-state index contributed by atoms with van der Waals surface area (Å²) in [6, 6.07) is 10.1. The van der Waals surface area contributed by atoms with Crippen LogP contribution in [0.15, 0.2) is 51.5 Å². The fourth-order valence-electron chi connectivity index (χ4n) is 4.43. The van der Waals surface area contributed by atoms with Crippen LogP contribution < -0.4 is 20.5 Å². The van der Waals surface area contributed by atoms with Crippen LogP contribution in [-0.4, -0.2) is 46.8 Å². The van der Waals surface area contributed by atoms with Crippen molar-refractivity contribution in [2.75, 3.05) is 20.0 Å². The number of amides is 1. The molecule has 0 atom stereocenters. The van der Waals surface area contributed by atoms with E-state index in [0.717, 1.165) is 43.0 Å². The lowest BCUT2D eigenvalue weighted by atomic mass is 9.97. The number of thiophene rings is 1. The summed E-state index contributed by atoms with van der Waals surface area (Å²) >= 11 is 8.81. The van der Waals surface area contributed by atoms with Crippen molar-refractivity contribution in [3.05, 3.63) is 67.8 Å². The number of ether oxygens (including phenoxy) is 2. The van der Waals surface area contributed by atoms with Gasteiger partial charge in [-0.15, -0.1) is 11.3 Å². The van der Waals surface area contributed by atoms with E-state index in [-0.39, 0.29) is 34.5 Å². The molecular weight excluding hydrogens is 560 g/mol. The number of benzene rings is 2. The number of carbonyl (C=O) groups is 1. The molecule has 1 amide bonds. The number of nitrogens with zero attached hydrogens (tertiary/aromatic N) is 3. The maximum Gasteiger partial charge on any atom is 0.267 e. The number of nitrogens with one attached hydrogen (secondary N) is 1. The minimum absolute atomic E-state index is 0.0177. The van der Waals surface area contributed by atoms with Crippen LogP contribution in [0.5, 0.6) is 17.2 Å². The van der Waals surface area contributed by atoms with E-state index < -0.39 is 0 Å². The van der Waals surface area contributed by atoms with Crippen molar-refractivity contribution >= 4 is 57.0 Å².